The van der Waals surface area contributed by atoms with Crippen LogP contribution in [0.15, 0.2) is 60.7 Å². The SMILES string of the molecule is Cc1ccccc1N(NC(=O)C(CC(C)C)[C@@H](CC=Cc1ccccc1)C(=O)NO[C@H]1CCCCO1)S(C)(=O)=O. The van der Waals surface area contributed by atoms with Crippen LogP contribution < -0.4 is 15.3 Å². The first-order chi connectivity index (χ1) is 19.1. The van der Waals surface area contributed by atoms with E-state index in [2.05, 4.69) is 10.9 Å². The minimum absolute atomic E-state index is 0.0527. The molecule has 3 atom stereocenters. The summed E-state index contributed by atoms with van der Waals surface area (Å²) in [6.45, 7) is 6.23. The van der Waals surface area contributed by atoms with Crippen LogP contribution in [0.4, 0.5) is 5.69 Å². The van der Waals surface area contributed by atoms with Crippen LogP contribution in [-0.4, -0.2) is 39.4 Å². The van der Waals surface area contributed by atoms with Crippen molar-refractivity contribution in [1.29, 1.82) is 0 Å². The van der Waals surface area contributed by atoms with Gasteiger partial charge in [0.25, 0.3) is 0 Å². The van der Waals surface area contributed by atoms with E-state index in [-0.39, 0.29) is 12.3 Å². The number of anilines is 1. The molecule has 3 rings (SSSR count). The van der Waals surface area contributed by atoms with Gasteiger partial charge in [0.15, 0.2) is 6.29 Å². The van der Waals surface area contributed by atoms with Gasteiger partial charge in [-0.2, -0.15) is 4.41 Å². The molecule has 0 aromatic heterocycles. The van der Waals surface area contributed by atoms with Crippen molar-refractivity contribution >= 4 is 33.6 Å². The standard InChI is InChI=1S/C30H41N3O6S/c1-22(2)21-26(29(34)31-33(40(4,36)37)27-18-9-8-13-23(27)3)25(17-12-16-24-14-6-5-7-15-24)30(35)32-39-28-19-10-11-20-38-28/h5-9,12-16,18,22,25-26,28H,10-11,17,19-21H2,1-4H3,(H,31,34)(H,32,35)/t25-,26?,28+/m1/s1. The molecule has 1 fully saturated rings. The van der Waals surface area contributed by atoms with Crippen LogP contribution in [0.2, 0.25) is 0 Å². The zero-order valence-electron chi connectivity index (χ0n) is 23.7. The molecule has 1 aliphatic rings. The van der Waals surface area contributed by atoms with Gasteiger partial charge in [0, 0.05) is 13.0 Å². The first-order valence-electron chi connectivity index (χ1n) is 13.7. The number of ether oxygens (including phenoxy) is 1. The maximum Gasteiger partial charge on any atom is 0.249 e. The monoisotopic (exact) mass is 571 g/mol. The normalized spacial score (nSPS) is 17.4. The Morgan fingerprint density at radius 2 is 1.75 bits per heavy atom. The number of rotatable bonds is 13. The number of amides is 2. The van der Waals surface area contributed by atoms with Crippen LogP contribution in [-0.2, 0) is 29.2 Å². The molecule has 2 N–H and O–H groups in total. The van der Waals surface area contributed by atoms with Crippen molar-refractivity contribution < 1.29 is 27.6 Å². The number of hydrazine groups is 1. The number of carbonyl (C=O) groups is 2. The topological polar surface area (TPSA) is 114 Å². The Bertz CT molecular complexity index is 1240. The van der Waals surface area contributed by atoms with E-state index in [0.717, 1.165) is 29.1 Å². The number of nitrogens with zero attached hydrogens (tertiary/aromatic N) is 1. The number of hydrogen-bond donors (Lipinski definition) is 2. The van der Waals surface area contributed by atoms with Gasteiger partial charge in [-0.3, -0.25) is 15.0 Å². The molecule has 2 aromatic rings. The molecule has 0 radical (unpaired) electrons. The highest BCUT2D eigenvalue weighted by molar-refractivity contribution is 7.92. The van der Waals surface area contributed by atoms with Gasteiger partial charge in [-0.05, 0) is 55.7 Å². The number of hydroxylamine groups is 1. The second-order valence-electron chi connectivity index (χ2n) is 10.6. The maximum atomic E-state index is 13.8. The second kappa shape index (κ2) is 15.0. The maximum absolute atomic E-state index is 13.8. The summed E-state index contributed by atoms with van der Waals surface area (Å²) in [5.74, 6) is -2.65. The van der Waals surface area contributed by atoms with Crippen LogP contribution in [0.3, 0.4) is 0 Å². The lowest BCUT2D eigenvalue weighted by Crippen LogP contribution is -2.51. The number of carbonyl (C=O) groups excluding carboxylic acids is 2. The van der Waals surface area contributed by atoms with Crippen LogP contribution in [0.25, 0.3) is 6.08 Å². The summed E-state index contributed by atoms with van der Waals surface area (Å²) in [5, 5.41) is 0. The van der Waals surface area contributed by atoms with E-state index in [0.29, 0.717) is 30.7 Å². The van der Waals surface area contributed by atoms with Crippen molar-refractivity contribution in [1.82, 2.24) is 10.9 Å². The highest BCUT2D eigenvalue weighted by atomic mass is 32.2. The summed E-state index contributed by atoms with van der Waals surface area (Å²) in [6, 6.07) is 16.5. The Morgan fingerprint density at radius 1 is 1.05 bits per heavy atom. The molecule has 218 valence electrons. The van der Waals surface area contributed by atoms with E-state index in [9.17, 15) is 18.0 Å². The van der Waals surface area contributed by atoms with Gasteiger partial charge in [0.2, 0.25) is 21.8 Å². The van der Waals surface area contributed by atoms with Crippen molar-refractivity contribution in [2.75, 3.05) is 17.3 Å². The van der Waals surface area contributed by atoms with Gasteiger partial charge < -0.3 is 4.74 Å². The summed E-state index contributed by atoms with van der Waals surface area (Å²) in [7, 11) is -3.88. The second-order valence-corrected chi connectivity index (χ2v) is 12.4. The fraction of sp³-hybridized carbons (Fsp3) is 0.467. The van der Waals surface area contributed by atoms with Crippen LogP contribution in [0, 0.1) is 24.7 Å². The van der Waals surface area contributed by atoms with Gasteiger partial charge in [-0.25, -0.2) is 18.7 Å². The predicted octanol–water partition coefficient (Wildman–Crippen LogP) is 4.75. The Morgan fingerprint density at radius 3 is 2.38 bits per heavy atom. The first kappa shape index (κ1) is 31.3. The van der Waals surface area contributed by atoms with Gasteiger partial charge in [-0.1, -0.05) is 74.5 Å². The number of sulfonamides is 1. The number of allylic oxidation sites excluding steroid dienone is 1. The number of nitrogens with one attached hydrogen (secondary N) is 2. The third kappa shape index (κ3) is 9.46. The van der Waals surface area contributed by atoms with Crippen molar-refractivity contribution in [2.24, 2.45) is 17.8 Å². The van der Waals surface area contributed by atoms with E-state index in [1.165, 1.54) is 0 Å². The first-order valence-corrected chi connectivity index (χ1v) is 15.6. The lowest BCUT2D eigenvalue weighted by atomic mass is 9.82. The quantitative estimate of drug-likeness (QED) is 0.336. The molecular formula is C30H41N3O6S. The van der Waals surface area contributed by atoms with Crippen molar-refractivity contribution in [2.45, 2.75) is 59.2 Å². The largest absolute Gasteiger partial charge is 0.350 e. The molecular weight excluding hydrogens is 530 g/mol. The molecule has 0 saturated carbocycles. The van der Waals surface area contributed by atoms with E-state index in [4.69, 9.17) is 9.57 Å². The molecule has 2 aromatic carbocycles. The molecule has 10 heteroatoms. The molecule has 0 aliphatic carbocycles. The lowest BCUT2D eigenvalue weighted by Gasteiger charge is -2.31. The zero-order valence-corrected chi connectivity index (χ0v) is 24.5. The van der Waals surface area contributed by atoms with Gasteiger partial charge >= 0.3 is 0 Å². The minimum Gasteiger partial charge on any atom is -0.350 e. The third-order valence-electron chi connectivity index (χ3n) is 6.69. The summed E-state index contributed by atoms with van der Waals surface area (Å²) in [6.07, 6.45) is 7.36. The average Bonchev–Trinajstić information content (AvgIpc) is 2.92. The number of hydrogen-bond acceptors (Lipinski definition) is 6. The van der Waals surface area contributed by atoms with Crippen molar-refractivity contribution in [3.8, 4) is 0 Å². The van der Waals surface area contributed by atoms with E-state index < -0.39 is 40.0 Å². The van der Waals surface area contributed by atoms with Crippen LogP contribution in [0.1, 0.15) is 57.1 Å². The highest BCUT2D eigenvalue weighted by Gasteiger charge is 2.36. The number of para-hydroxylation sites is 1. The molecule has 40 heavy (non-hydrogen) atoms. The molecule has 2 amide bonds. The van der Waals surface area contributed by atoms with Crippen molar-refractivity contribution in [3.05, 3.63) is 71.8 Å². The Hall–Kier alpha value is -3.21. The lowest BCUT2D eigenvalue weighted by molar-refractivity contribution is -0.203. The van der Waals surface area contributed by atoms with Crippen molar-refractivity contribution in [3.63, 3.8) is 0 Å². The predicted molar refractivity (Wildman–Crippen MR) is 156 cm³/mol. The van der Waals surface area contributed by atoms with Crippen LogP contribution in [0.5, 0.6) is 0 Å². The minimum atomic E-state index is -3.88. The molecule has 0 bridgehead atoms. The number of benzene rings is 2. The Labute approximate surface area is 237 Å². The summed E-state index contributed by atoms with van der Waals surface area (Å²) in [4.78, 5) is 32.9. The molecule has 1 heterocycles. The van der Waals surface area contributed by atoms with E-state index >= 15 is 0 Å². The number of aryl methyl sites for hydroxylation is 1. The Balaban J connectivity index is 1.89. The van der Waals surface area contributed by atoms with E-state index in [1.807, 2.05) is 56.3 Å². The van der Waals surface area contributed by atoms with Gasteiger partial charge in [0.05, 0.1) is 23.8 Å². The smallest absolute Gasteiger partial charge is 0.249 e. The van der Waals surface area contributed by atoms with E-state index in [1.54, 1.807) is 31.2 Å². The fourth-order valence-corrected chi connectivity index (χ4v) is 5.45. The molecule has 1 saturated heterocycles. The highest BCUT2D eigenvalue weighted by Crippen LogP contribution is 2.27. The molecule has 1 unspecified atom stereocenters. The molecule has 9 nitrogen and oxygen atoms in total. The third-order valence-corrected chi connectivity index (χ3v) is 7.64. The zero-order chi connectivity index (χ0) is 29.1. The molecule has 0 spiro atoms. The summed E-state index contributed by atoms with van der Waals surface area (Å²) in [5.41, 5.74) is 7.10. The van der Waals surface area contributed by atoms with Crippen LogP contribution >= 0.6 is 0 Å². The summed E-state index contributed by atoms with van der Waals surface area (Å²) < 4.78 is 32.0. The molecule has 1 aliphatic heterocycles. The Kier molecular flexibility index (Phi) is 11.7. The van der Waals surface area contributed by atoms with Gasteiger partial charge in [-0.15, -0.1) is 0 Å². The summed E-state index contributed by atoms with van der Waals surface area (Å²) >= 11 is 0. The fourth-order valence-electron chi connectivity index (χ4n) is 4.63. The van der Waals surface area contributed by atoms with Gasteiger partial charge in [0.1, 0.15) is 0 Å². The average molecular weight is 572 g/mol.